The molecule has 2 heterocycles. The molecule has 2 aromatic rings. The summed E-state index contributed by atoms with van der Waals surface area (Å²) in [5.41, 5.74) is 6.11. The maximum Gasteiger partial charge on any atom is 0.0646 e. The molecule has 5 heteroatoms. The van der Waals surface area contributed by atoms with Crippen LogP contribution in [0.5, 0.6) is 0 Å². The van der Waals surface area contributed by atoms with Crippen LogP contribution in [-0.4, -0.2) is 47.4 Å². The van der Waals surface area contributed by atoms with E-state index in [1.165, 1.54) is 22.6 Å². The minimum atomic E-state index is 0.818. The lowest BCUT2D eigenvalue weighted by molar-refractivity contribution is 0.271. The summed E-state index contributed by atoms with van der Waals surface area (Å²) >= 11 is 0. The second kappa shape index (κ2) is 7.26. The number of likely N-dealkylation sites (N-methyl/N-ethyl adjacent to an activating group) is 1. The number of piperazine rings is 1. The van der Waals surface area contributed by atoms with E-state index in [1.807, 2.05) is 11.7 Å². The normalized spacial score (nSPS) is 15.8. The van der Waals surface area contributed by atoms with Crippen molar-refractivity contribution < 1.29 is 0 Å². The van der Waals surface area contributed by atoms with E-state index in [0.29, 0.717) is 0 Å². The number of hydrogen-bond acceptors (Lipinski definition) is 4. The molecule has 1 N–H and O–H groups in total. The first-order valence-corrected chi connectivity index (χ1v) is 8.88. The molecule has 0 amide bonds. The molecule has 1 aromatic heterocycles. The summed E-state index contributed by atoms with van der Waals surface area (Å²) in [5.74, 6) is 0. The van der Waals surface area contributed by atoms with Crippen LogP contribution in [0.25, 0.3) is 0 Å². The topological polar surface area (TPSA) is 36.3 Å². The Labute approximate surface area is 145 Å². The van der Waals surface area contributed by atoms with Gasteiger partial charge in [0.25, 0.3) is 0 Å². The number of aryl methyl sites for hydroxylation is 2. The van der Waals surface area contributed by atoms with Crippen LogP contribution in [0, 0.1) is 13.8 Å². The van der Waals surface area contributed by atoms with Crippen LogP contribution in [0.15, 0.2) is 24.3 Å². The van der Waals surface area contributed by atoms with Gasteiger partial charge in [0, 0.05) is 62.4 Å². The molecule has 1 aliphatic heterocycles. The van der Waals surface area contributed by atoms with E-state index in [9.17, 15) is 0 Å². The lowest BCUT2D eigenvalue weighted by atomic mass is 10.2. The van der Waals surface area contributed by atoms with Crippen LogP contribution in [-0.2, 0) is 13.6 Å². The quantitative estimate of drug-likeness (QED) is 0.916. The zero-order valence-corrected chi connectivity index (χ0v) is 15.3. The van der Waals surface area contributed by atoms with Crippen LogP contribution >= 0.6 is 0 Å². The number of hydrogen-bond donors (Lipinski definition) is 1. The number of anilines is 2. The second-order valence-corrected chi connectivity index (χ2v) is 6.60. The Bertz CT molecular complexity index is 683. The van der Waals surface area contributed by atoms with Gasteiger partial charge >= 0.3 is 0 Å². The van der Waals surface area contributed by atoms with Gasteiger partial charge < -0.3 is 15.1 Å². The van der Waals surface area contributed by atoms with Crippen LogP contribution in [0.4, 0.5) is 11.4 Å². The van der Waals surface area contributed by atoms with Crippen LogP contribution in [0.2, 0.25) is 0 Å². The van der Waals surface area contributed by atoms with Gasteiger partial charge in [-0.2, -0.15) is 5.10 Å². The van der Waals surface area contributed by atoms with E-state index < -0.39 is 0 Å². The highest BCUT2D eigenvalue weighted by Crippen LogP contribution is 2.22. The third-order valence-corrected chi connectivity index (χ3v) is 5.16. The van der Waals surface area contributed by atoms with Gasteiger partial charge in [0.15, 0.2) is 0 Å². The van der Waals surface area contributed by atoms with Crippen molar-refractivity contribution in [2.75, 3.05) is 42.9 Å². The molecule has 3 rings (SSSR count). The molecule has 0 atom stereocenters. The maximum atomic E-state index is 4.49. The molecule has 1 saturated heterocycles. The molecule has 1 aliphatic rings. The summed E-state index contributed by atoms with van der Waals surface area (Å²) in [6.45, 7) is 12.9. The second-order valence-electron chi connectivity index (χ2n) is 6.60. The zero-order chi connectivity index (χ0) is 17.1. The average Bonchev–Trinajstić information content (AvgIpc) is 2.85. The highest BCUT2D eigenvalue weighted by atomic mass is 15.3. The summed E-state index contributed by atoms with van der Waals surface area (Å²) < 4.78 is 1.95. The van der Waals surface area contributed by atoms with E-state index in [1.54, 1.807) is 0 Å². The Kier molecular flexibility index (Phi) is 5.09. The lowest BCUT2D eigenvalue weighted by Crippen LogP contribution is -2.46. The fourth-order valence-corrected chi connectivity index (χ4v) is 3.40. The van der Waals surface area contributed by atoms with Gasteiger partial charge in [-0.15, -0.1) is 0 Å². The summed E-state index contributed by atoms with van der Waals surface area (Å²) in [6.07, 6.45) is 0. The zero-order valence-electron chi connectivity index (χ0n) is 15.3. The van der Waals surface area contributed by atoms with Crippen molar-refractivity contribution in [3.63, 3.8) is 0 Å². The number of aromatic nitrogens is 2. The Morgan fingerprint density at radius 3 is 2.50 bits per heavy atom. The number of benzene rings is 1. The highest BCUT2D eigenvalue weighted by Gasteiger charge is 2.16. The average molecular weight is 327 g/mol. The van der Waals surface area contributed by atoms with E-state index in [0.717, 1.165) is 45.0 Å². The van der Waals surface area contributed by atoms with E-state index >= 15 is 0 Å². The van der Waals surface area contributed by atoms with Crippen molar-refractivity contribution in [1.82, 2.24) is 14.7 Å². The minimum absolute atomic E-state index is 0.818. The molecule has 1 aromatic carbocycles. The van der Waals surface area contributed by atoms with Crippen molar-refractivity contribution in [2.45, 2.75) is 27.3 Å². The minimum Gasteiger partial charge on any atom is -0.381 e. The number of rotatable bonds is 5. The van der Waals surface area contributed by atoms with Crippen molar-refractivity contribution in [3.8, 4) is 0 Å². The Morgan fingerprint density at radius 2 is 1.88 bits per heavy atom. The third-order valence-electron chi connectivity index (χ3n) is 5.16. The first-order valence-electron chi connectivity index (χ1n) is 8.88. The molecule has 0 spiro atoms. The molecule has 5 nitrogen and oxygen atoms in total. The van der Waals surface area contributed by atoms with Crippen LogP contribution < -0.4 is 10.2 Å². The van der Waals surface area contributed by atoms with Crippen molar-refractivity contribution in [3.05, 3.63) is 41.2 Å². The first kappa shape index (κ1) is 16.8. The highest BCUT2D eigenvalue weighted by molar-refractivity contribution is 5.58. The SMILES string of the molecule is CCN1CCN(c2cccc(NCc3c(C)nn(C)c3C)c2)CC1. The summed E-state index contributed by atoms with van der Waals surface area (Å²) in [7, 11) is 2.00. The summed E-state index contributed by atoms with van der Waals surface area (Å²) in [5, 5.41) is 8.06. The van der Waals surface area contributed by atoms with Gasteiger partial charge in [0.2, 0.25) is 0 Å². The van der Waals surface area contributed by atoms with Gasteiger partial charge in [-0.25, -0.2) is 0 Å². The molecule has 0 radical (unpaired) electrons. The van der Waals surface area contributed by atoms with Gasteiger partial charge in [-0.1, -0.05) is 13.0 Å². The third kappa shape index (κ3) is 3.56. The molecular weight excluding hydrogens is 298 g/mol. The van der Waals surface area contributed by atoms with E-state index in [2.05, 4.69) is 65.3 Å². The maximum absolute atomic E-state index is 4.49. The molecule has 0 saturated carbocycles. The van der Waals surface area contributed by atoms with Crippen LogP contribution in [0.3, 0.4) is 0 Å². The fourth-order valence-electron chi connectivity index (χ4n) is 3.40. The Hall–Kier alpha value is -2.01. The Balaban J connectivity index is 1.65. The van der Waals surface area contributed by atoms with Crippen molar-refractivity contribution in [1.29, 1.82) is 0 Å². The van der Waals surface area contributed by atoms with Crippen molar-refractivity contribution >= 4 is 11.4 Å². The lowest BCUT2D eigenvalue weighted by Gasteiger charge is -2.35. The monoisotopic (exact) mass is 327 g/mol. The molecule has 0 unspecified atom stereocenters. The smallest absolute Gasteiger partial charge is 0.0646 e. The van der Waals surface area contributed by atoms with Crippen molar-refractivity contribution in [2.24, 2.45) is 7.05 Å². The van der Waals surface area contributed by atoms with Gasteiger partial charge in [-0.3, -0.25) is 4.68 Å². The standard InChI is InChI=1S/C19H29N5/c1-5-23-9-11-24(12-10-23)18-8-6-7-17(13-18)20-14-19-15(2)21-22(4)16(19)3/h6-8,13,20H,5,9-12,14H2,1-4H3. The summed E-state index contributed by atoms with van der Waals surface area (Å²) in [4.78, 5) is 4.99. The van der Waals surface area contributed by atoms with Gasteiger partial charge in [0.1, 0.15) is 0 Å². The Morgan fingerprint density at radius 1 is 1.12 bits per heavy atom. The number of nitrogens with zero attached hydrogens (tertiary/aromatic N) is 4. The summed E-state index contributed by atoms with van der Waals surface area (Å²) in [6, 6.07) is 8.77. The van der Waals surface area contributed by atoms with Gasteiger partial charge in [0.05, 0.1) is 5.69 Å². The molecule has 130 valence electrons. The molecule has 0 aliphatic carbocycles. The molecule has 24 heavy (non-hydrogen) atoms. The number of nitrogens with one attached hydrogen (secondary N) is 1. The van der Waals surface area contributed by atoms with E-state index in [-0.39, 0.29) is 0 Å². The molecular formula is C19H29N5. The molecule has 1 fully saturated rings. The van der Waals surface area contributed by atoms with E-state index in [4.69, 9.17) is 0 Å². The molecule has 0 bridgehead atoms. The largest absolute Gasteiger partial charge is 0.381 e. The first-order chi connectivity index (χ1) is 11.6. The fraction of sp³-hybridized carbons (Fsp3) is 0.526. The predicted octanol–water partition coefficient (Wildman–Crippen LogP) is 2.79. The van der Waals surface area contributed by atoms with Crippen LogP contribution in [0.1, 0.15) is 23.9 Å². The predicted molar refractivity (Wildman–Crippen MR) is 101 cm³/mol. The van der Waals surface area contributed by atoms with Gasteiger partial charge in [-0.05, 0) is 38.6 Å².